The SMILES string of the molecule is Fc1ccccc1C1=NCC=Nc2ccc(Cl)c(Cl)c21.N. The fourth-order valence-electron chi connectivity index (χ4n) is 2.10. The second-order valence-corrected chi connectivity index (χ2v) is 5.02. The van der Waals surface area contributed by atoms with Crippen molar-refractivity contribution in [3.63, 3.8) is 0 Å². The Morgan fingerprint density at radius 2 is 1.81 bits per heavy atom. The lowest BCUT2D eigenvalue weighted by atomic mass is 10.00. The molecule has 0 aromatic heterocycles. The summed E-state index contributed by atoms with van der Waals surface area (Å²) in [4.78, 5) is 8.67. The molecule has 0 fully saturated rings. The highest BCUT2D eigenvalue weighted by Gasteiger charge is 2.20. The van der Waals surface area contributed by atoms with Crippen LogP contribution in [0, 0.1) is 5.82 Å². The van der Waals surface area contributed by atoms with Gasteiger partial charge in [0, 0.05) is 17.3 Å². The first-order valence-corrected chi connectivity index (χ1v) is 6.74. The maximum atomic E-state index is 14.0. The molecule has 0 atom stereocenters. The monoisotopic (exact) mass is 323 g/mol. The van der Waals surface area contributed by atoms with E-state index in [4.69, 9.17) is 23.2 Å². The maximum absolute atomic E-state index is 14.0. The van der Waals surface area contributed by atoms with Gasteiger partial charge in [-0.1, -0.05) is 35.3 Å². The van der Waals surface area contributed by atoms with Gasteiger partial charge in [0.1, 0.15) is 5.82 Å². The molecule has 108 valence electrons. The van der Waals surface area contributed by atoms with Crippen LogP contribution in [-0.4, -0.2) is 18.5 Å². The first kappa shape index (κ1) is 15.6. The summed E-state index contributed by atoms with van der Waals surface area (Å²) < 4.78 is 14.0. The second-order valence-electron chi connectivity index (χ2n) is 4.24. The smallest absolute Gasteiger partial charge is 0.132 e. The molecular formula is C15H12Cl2FN3. The van der Waals surface area contributed by atoms with E-state index in [-0.39, 0.29) is 12.0 Å². The molecule has 0 saturated heterocycles. The molecule has 0 aliphatic carbocycles. The van der Waals surface area contributed by atoms with Crippen LogP contribution < -0.4 is 6.15 Å². The first-order chi connectivity index (χ1) is 9.68. The Morgan fingerprint density at radius 1 is 1.05 bits per heavy atom. The molecule has 2 aromatic rings. The Morgan fingerprint density at radius 3 is 2.57 bits per heavy atom. The molecule has 0 saturated carbocycles. The molecule has 0 bridgehead atoms. The van der Waals surface area contributed by atoms with Gasteiger partial charge in [0.25, 0.3) is 0 Å². The van der Waals surface area contributed by atoms with Crippen molar-refractivity contribution in [1.29, 1.82) is 0 Å². The Labute approximate surface area is 131 Å². The third-order valence-corrected chi connectivity index (χ3v) is 3.80. The van der Waals surface area contributed by atoms with Gasteiger partial charge < -0.3 is 6.15 Å². The van der Waals surface area contributed by atoms with E-state index in [9.17, 15) is 4.39 Å². The van der Waals surface area contributed by atoms with Gasteiger partial charge in [-0.25, -0.2) is 4.39 Å². The summed E-state index contributed by atoms with van der Waals surface area (Å²) in [6.07, 6.45) is 1.66. The van der Waals surface area contributed by atoms with Gasteiger partial charge in [0.15, 0.2) is 0 Å². The van der Waals surface area contributed by atoms with Crippen LogP contribution in [0.1, 0.15) is 11.1 Å². The van der Waals surface area contributed by atoms with E-state index >= 15 is 0 Å². The van der Waals surface area contributed by atoms with Crippen LogP contribution in [0.5, 0.6) is 0 Å². The highest BCUT2D eigenvalue weighted by Crippen LogP contribution is 2.36. The lowest BCUT2D eigenvalue weighted by Gasteiger charge is -2.12. The van der Waals surface area contributed by atoms with Crippen LogP contribution in [0.4, 0.5) is 10.1 Å². The summed E-state index contributed by atoms with van der Waals surface area (Å²) >= 11 is 12.3. The normalized spacial score (nSPS) is 13.0. The zero-order chi connectivity index (χ0) is 14.1. The van der Waals surface area contributed by atoms with E-state index in [1.54, 1.807) is 36.5 Å². The highest BCUT2D eigenvalue weighted by atomic mass is 35.5. The minimum atomic E-state index is -0.352. The topological polar surface area (TPSA) is 59.7 Å². The van der Waals surface area contributed by atoms with Crippen molar-refractivity contribution in [2.75, 3.05) is 6.54 Å². The Balaban J connectivity index is 0.00000161. The van der Waals surface area contributed by atoms with Crippen molar-refractivity contribution in [2.45, 2.75) is 0 Å². The van der Waals surface area contributed by atoms with Gasteiger partial charge >= 0.3 is 0 Å². The predicted molar refractivity (Wildman–Crippen MR) is 86.5 cm³/mol. The van der Waals surface area contributed by atoms with E-state index in [0.717, 1.165) is 0 Å². The molecule has 21 heavy (non-hydrogen) atoms. The van der Waals surface area contributed by atoms with Crippen molar-refractivity contribution in [3.05, 3.63) is 63.4 Å². The fraction of sp³-hybridized carbons (Fsp3) is 0.0667. The van der Waals surface area contributed by atoms with Gasteiger partial charge in [-0.2, -0.15) is 0 Å². The van der Waals surface area contributed by atoms with Crippen LogP contribution in [-0.2, 0) is 0 Å². The van der Waals surface area contributed by atoms with E-state index in [1.165, 1.54) is 6.07 Å². The van der Waals surface area contributed by atoms with Gasteiger partial charge in [-0.3, -0.25) is 9.98 Å². The summed E-state index contributed by atoms with van der Waals surface area (Å²) in [6.45, 7) is 0.367. The third kappa shape index (κ3) is 2.83. The zero-order valence-electron chi connectivity index (χ0n) is 11.0. The summed E-state index contributed by atoms with van der Waals surface area (Å²) in [7, 11) is 0. The molecule has 3 rings (SSSR count). The van der Waals surface area contributed by atoms with Gasteiger partial charge in [0.2, 0.25) is 0 Å². The molecule has 1 aliphatic heterocycles. The molecular weight excluding hydrogens is 312 g/mol. The van der Waals surface area contributed by atoms with E-state index in [1.807, 2.05) is 0 Å². The standard InChI is InChI=1S/C15H9Cl2FN2.H3N/c16-10-5-6-12-13(14(10)17)15(20-8-7-19-12)9-3-1-2-4-11(9)18;/h1-7H,8H2;1H3. The van der Waals surface area contributed by atoms with Crippen LogP contribution in [0.15, 0.2) is 46.4 Å². The van der Waals surface area contributed by atoms with Crippen molar-refractivity contribution >= 4 is 40.8 Å². The number of hydrogen-bond acceptors (Lipinski definition) is 3. The fourth-order valence-corrected chi connectivity index (χ4v) is 2.50. The molecule has 3 N–H and O–H groups in total. The summed E-state index contributed by atoms with van der Waals surface area (Å²) in [5.74, 6) is -0.352. The van der Waals surface area contributed by atoms with Gasteiger partial charge in [-0.15, -0.1) is 0 Å². The van der Waals surface area contributed by atoms with Gasteiger partial charge in [0.05, 0.1) is 28.0 Å². The average molecular weight is 324 g/mol. The minimum absolute atomic E-state index is 0. The molecule has 0 radical (unpaired) electrons. The quantitative estimate of drug-likeness (QED) is 0.801. The molecule has 3 nitrogen and oxygen atoms in total. The Kier molecular flexibility index (Phi) is 4.73. The molecule has 0 amide bonds. The number of halogens is 3. The van der Waals surface area contributed by atoms with Gasteiger partial charge in [-0.05, 0) is 24.3 Å². The van der Waals surface area contributed by atoms with Crippen molar-refractivity contribution in [2.24, 2.45) is 9.98 Å². The second kappa shape index (κ2) is 6.35. The number of aliphatic imine (C=N–C) groups is 2. The van der Waals surface area contributed by atoms with Crippen LogP contribution in [0.3, 0.4) is 0 Å². The van der Waals surface area contributed by atoms with Crippen molar-refractivity contribution < 1.29 is 4.39 Å². The van der Waals surface area contributed by atoms with E-state index in [2.05, 4.69) is 9.98 Å². The lowest BCUT2D eigenvalue weighted by molar-refractivity contribution is 0.625. The highest BCUT2D eigenvalue weighted by molar-refractivity contribution is 6.45. The van der Waals surface area contributed by atoms with Crippen molar-refractivity contribution in [3.8, 4) is 0 Å². The molecule has 6 heteroatoms. The van der Waals surface area contributed by atoms with Crippen LogP contribution in [0.2, 0.25) is 10.0 Å². The van der Waals surface area contributed by atoms with Crippen LogP contribution in [0.25, 0.3) is 0 Å². The number of fused-ring (bicyclic) bond motifs is 1. The number of rotatable bonds is 1. The molecule has 1 heterocycles. The summed E-state index contributed by atoms with van der Waals surface area (Å²) in [6, 6.07) is 9.87. The summed E-state index contributed by atoms with van der Waals surface area (Å²) in [5, 5.41) is 0.733. The average Bonchev–Trinajstić information content (AvgIpc) is 2.66. The predicted octanol–water partition coefficient (Wildman–Crippen LogP) is 4.85. The molecule has 0 unspecified atom stereocenters. The molecule has 0 spiro atoms. The maximum Gasteiger partial charge on any atom is 0.132 e. The number of nitrogens with zero attached hydrogens (tertiary/aromatic N) is 2. The number of hydrogen-bond donors (Lipinski definition) is 1. The molecule has 2 aromatic carbocycles. The zero-order valence-corrected chi connectivity index (χ0v) is 12.5. The van der Waals surface area contributed by atoms with Crippen LogP contribution >= 0.6 is 23.2 Å². The summed E-state index contributed by atoms with van der Waals surface area (Å²) in [5.41, 5.74) is 2.07. The first-order valence-electron chi connectivity index (χ1n) is 5.98. The molecule has 1 aliphatic rings. The van der Waals surface area contributed by atoms with E-state index < -0.39 is 0 Å². The number of benzene rings is 2. The van der Waals surface area contributed by atoms with E-state index in [0.29, 0.717) is 39.1 Å². The Bertz CT molecular complexity index is 742. The Hall–Kier alpha value is -1.75. The lowest BCUT2D eigenvalue weighted by Crippen LogP contribution is -2.07. The largest absolute Gasteiger partial charge is 0.344 e. The minimum Gasteiger partial charge on any atom is -0.344 e. The third-order valence-electron chi connectivity index (χ3n) is 3.00. The van der Waals surface area contributed by atoms with Crippen molar-refractivity contribution in [1.82, 2.24) is 6.15 Å².